The number of Topliss-reactive ketones (excluding diaryl/α,β-unsaturated/α-hetero) is 1. The van der Waals surface area contributed by atoms with Gasteiger partial charge in [0, 0.05) is 12.5 Å². The summed E-state index contributed by atoms with van der Waals surface area (Å²) >= 11 is 0. The fourth-order valence-electron chi connectivity index (χ4n) is 3.33. The van der Waals surface area contributed by atoms with Crippen molar-refractivity contribution in [3.63, 3.8) is 0 Å². The van der Waals surface area contributed by atoms with Gasteiger partial charge in [0.25, 0.3) is 5.91 Å². The van der Waals surface area contributed by atoms with Crippen molar-refractivity contribution in [3.8, 4) is 11.5 Å². The Hall–Kier alpha value is -3.93. The van der Waals surface area contributed by atoms with Gasteiger partial charge < -0.3 is 15.8 Å². The SMILES string of the molecule is CC(=O)NCC(=O)[C@@H](Cc1ccccc1)c1cccc(C(N)=O)c1Oc1ccccc1. The van der Waals surface area contributed by atoms with Crippen LogP contribution in [-0.2, 0) is 16.0 Å². The summed E-state index contributed by atoms with van der Waals surface area (Å²) in [5, 5.41) is 2.57. The van der Waals surface area contributed by atoms with Gasteiger partial charge in [-0.3, -0.25) is 14.4 Å². The molecule has 0 aliphatic rings. The van der Waals surface area contributed by atoms with Crippen molar-refractivity contribution in [2.24, 2.45) is 5.73 Å². The quantitative estimate of drug-likeness (QED) is 0.557. The van der Waals surface area contributed by atoms with Crippen LogP contribution < -0.4 is 15.8 Å². The van der Waals surface area contributed by atoms with Gasteiger partial charge in [-0.1, -0.05) is 60.7 Å². The van der Waals surface area contributed by atoms with Crippen LogP contribution in [0.3, 0.4) is 0 Å². The van der Waals surface area contributed by atoms with Crippen molar-refractivity contribution >= 4 is 17.6 Å². The third-order valence-electron chi connectivity index (χ3n) is 4.83. The van der Waals surface area contributed by atoms with E-state index in [1.807, 2.05) is 48.5 Å². The van der Waals surface area contributed by atoms with Crippen LogP contribution in [0, 0.1) is 0 Å². The van der Waals surface area contributed by atoms with Gasteiger partial charge in [-0.15, -0.1) is 0 Å². The molecule has 0 heterocycles. The minimum absolute atomic E-state index is 0.127. The highest BCUT2D eigenvalue weighted by molar-refractivity contribution is 5.98. The molecule has 0 saturated carbocycles. The Bertz CT molecular complexity index is 1070. The van der Waals surface area contributed by atoms with E-state index in [2.05, 4.69) is 5.32 Å². The first-order valence-corrected chi connectivity index (χ1v) is 9.92. The van der Waals surface area contributed by atoms with Gasteiger partial charge in [0.05, 0.1) is 18.0 Å². The van der Waals surface area contributed by atoms with Crippen LogP contribution in [-0.4, -0.2) is 24.1 Å². The van der Waals surface area contributed by atoms with Gasteiger partial charge in [-0.2, -0.15) is 0 Å². The third-order valence-corrected chi connectivity index (χ3v) is 4.83. The van der Waals surface area contributed by atoms with Crippen LogP contribution in [0.2, 0.25) is 0 Å². The smallest absolute Gasteiger partial charge is 0.252 e. The molecule has 3 rings (SSSR count). The first-order chi connectivity index (χ1) is 15.0. The predicted molar refractivity (Wildman–Crippen MR) is 118 cm³/mol. The van der Waals surface area contributed by atoms with Crippen molar-refractivity contribution in [3.05, 3.63) is 95.6 Å². The Kier molecular flexibility index (Phi) is 7.17. The van der Waals surface area contributed by atoms with E-state index in [1.54, 1.807) is 30.3 Å². The van der Waals surface area contributed by atoms with E-state index in [4.69, 9.17) is 10.5 Å². The molecule has 0 saturated heterocycles. The first kappa shape index (κ1) is 21.8. The second-order valence-electron chi connectivity index (χ2n) is 7.12. The summed E-state index contributed by atoms with van der Waals surface area (Å²) < 4.78 is 6.06. The average molecular weight is 416 g/mol. The summed E-state index contributed by atoms with van der Waals surface area (Å²) in [6.07, 6.45) is 0.382. The predicted octanol–water partition coefficient (Wildman–Crippen LogP) is 3.61. The molecule has 0 aromatic heterocycles. The summed E-state index contributed by atoms with van der Waals surface area (Å²) in [6, 6.07) is 23.5. The van der Waals surface area contributed by atoms with Crippen LogP contribution in [0.5, 0.6) is 11.5 Å². The molecule has 0 aliphatic heterocycles. The molecule has 31 heavy (non-hydrogen) atoms. The van der Waals surface area contributed by atoms with Crippen LogP contribution in [0.15, 0.2) is 78.9 Å². The van der Waals surface area contributed by atoms with Gasteiger partial charge >= 0.3 is 0 Å². The van der Waals surface area contributed by atoms with Gasteiger partial charge in [0.1, 0.15) is 11.5 Å². The third kappa shape index (κ3) is 5.79. The Morgan fingerprint density at radius 1 is 0.903 bits per heavy atom. The first-order valence-electron chi connectivity index (χ1n) is 9.92. The molecule has 0 spiro atoms. The number of ether oxygens (including phenoxy) is 1. The minimum Gasteiger partial charge on any atom is -0.456 e. The van der Waals surface area contributed by atoms with Gasteiger partial charge in [0.2, 0.25) is 5.91 Å². The molecule has 0 bridgehead atoms. The van der Waals surface area contributed by atoms with Gasteiger partial charge in [0.15, 0.2) is 5.78 Å². The van der Waals surface area contributed by atoms with Crippen LogP contribution >= 0.6 is 0 Å². The lowest BCUT2D eigenvalue weighted by Crippen LogP contribution is -2.31. The molecule has 6 heteroatoms. The molecule has 0 radical (unpaired) electrons. The maximum absolute atomic E-state index is 13.2. The molecule has 3 aromatic carbocycles. The highest BCUT2D eigenvalue weighted by Crippen LogP contribution is 2.36. The molecule has 158 valence electrons. The van der Waals surface area contributed by atoms with E-state index in [0.717, 1.165) is 5.56 Å². The average Bonchev–Trinajstić information content (AvgIpc) is 2.77. The number of hydrogen-bond acceptors (Lipinski definition) is 4. The van der Waals surface area contributed by atoms with E-state index < -0.39 is 11.8 Å². The van der Waals surface area contributed by atoms with Crippen molar-refractivity contribution < 1.29 is 19.1 Å². The Morgan fingerprint density at radius 3 is 2.16 bits per heavy atom. The molecule has 0 fully saturated rings. The number of hydrogen-bond donors (Lipinski definition) is 2. The zero-order valence-corrected chi connectivity index (χ0v) is 17.2. The molecule has 6 nitrogen and oxygen atoms in total. The summed E-state index contributed by atoms with van der Waals surface area (Å²) in [4.78, 5) is 36.7. The number of nitrogens with one attached hydrogen (secondary N) is 1. The topological polar surface area (TPSA) is 98.5 Å². The Morgan fingerprint density at radius 2 is 1.55 bits per heavy atom. The van der Waals surface area contributed by atoms with Gasteiger partial charge in [-0.05, 0) is 30.2 Å². The second-order valence-corrected chi connectivity index (χ2v) is 7.12. The van der Waals surface area contributed by atoms with Crippen LogP contribution in [0.25, 0.3) is 0 Å². The number of amides is 2. The zero-order valence-electron chi connectivity index (χ0n) is 17.2. The van der Waals surface area contributed by atoms with E-state index in [9.17, 15) is 14.4 Å². The lowest BCUT2D eigenvalue weighted by atomic mass is 9.86. The molecule has 1 atom stereocenters. The number of ketones is 1. The summed E-state index contributed by atoms with van der Waals surface area (Å²) in [5.74, 6) is -1.02. The molecular weight excluding hydrogens is 392 g/mol. The van der Waals surface area contributed by atoms with E-state index in [-0.39, 0.29) is 29.5 Å². The summed E-state index contributed by atoms with van der Waals surface area (Å²) in [5.41, 5.74) is 7.27. The van der Waals surface area contributed by atoms with Crippen molar-refractivity contribution in [2.75, 3.05) is 6.54 Å². The van der Waals surface area contributed by atoms with E-state index in [0.29, 0.717) is 17.7 Å². The summed E-state index contributed by atoms with van der Waals surface area (Å²) in [6.45, 7) is 1.23. The maximum atomic E-state index is 13.2. The normalized spacial score (nSPS) is 11.4. The lowest BCUT2D eigenvalue weighted by molar-refractivity contribution is -0.124. The molecule has 0 unspecified atom stereocenters. The second kappa shape index (κ2) is 10.2. The molecule has 2 amide bonds. The monoisotopic (exact) mass is 416 g/mol. The van der Waals surface area contributed by atoms with Crippen LogP contribution in [0.4, 0.5) is 0 Å². The summed E-state index contributed by atoms with van der Waals surface area (Å²) in [7, 11) is 0. The van der Waals surface area contributed by atoms with Crippen molar-refractivity contribution in [1.82, 2.24) is 5.32 Å². The van der Waals surface area contributed by atoms with E-state index >= 15 is 0 Å². The molecule has 3 aromatic rings. The minimum atomic E-state index is -0.652. The van der Waals surface area contributed by atoms with Crippen LogP contribution in [0.1, 0.15) is 34.3 Å². The number of benzene rings is 3. The highest BCUT2D eigenvalue weighted by atomic mass is 16.5. The molecule has 0 aliphatic carbocycles. The fourth-order valence-corrected chi connectivity index (χ4v) is 3.33. The standard InChI is InChI=1S/C25H24N2O4/c1-17(28)27-16-23(29)22(15-18-9-4-2-5-10-18)20-13-8-14-21(25(26)30)24(20)31-19-11-6-3-7-12-19/h2-14,22H,15-16H2,1H3,(H2,26,30)(H,27,28)/t22-/m0/s1. The number of nitrogens with two attached hydrogens (primary N) is 1. The number of carbonyl (C=O) groups excluding carboxylic acids is 3. The maximum Gasteiger partial charge on any atom is 0.252 e. The number of primary amides is 1. The number of para-hydroxylation sites is 2. The Balaban J connectivity index is 2.07. The van der Waals surface area contributed by atoms with E-state index in [1.165, 1.54) is 6.92 Å². The molecule has 3 N–H and O–H groups in total. The van der Waals surface area contributed by atoms with Crippen molar-refractivity contribution in [1.29, 1.82) is 0 Å². The largest absolute Gasteiger partial charge is 0.456 e. The zero-order chi connectivity index (χ0) is 22.2. The lowest BCUT2D eigenvalue weighted by Gasteiger charge is -2.21. The number of rotatable bonds is 9. The van der Waals surface area contributed by atoms with Crippen molar-refractivity contribution in [2.45, 2.75) is 19.3 Å². The molecular formula is C25H24N2O4. The Labute approximate surface area is 181 Å². The van der Waals surface area contributed by atoms with Gasteiger partial charge in [-0.25, -0.2) is 0 Å². The highest BCUT2D eigenvalue weighted by Gasteiger charge is 2.27. The number of carbonyl (C=O) groups is 3. The fraction of sp³-hybridized carbons (Fsp3) is 0.160.